The summed E-state index contributed by atoms with van der Waals surface area (Å²) in [6.07, 6.45) is 10.1. The van der Waals surface area contributed by atoms with Gasteiger partial charge in [-0.1, -0.05) is 13.0 Å². The summed E-state index contributed by atoms with van der Waals surface area (Å²) in [6.45, 7) is 2.02. The van der Waals surface area contributed by atoms with Gasteiger partial charge >= 0.3 is 0 Å². The number of imidazole rings is 1. The van der Waals surface area contributed by atoms with Gasteiger partial charge in [0.05, 0.1) is 28.4 Å². The molecule has 7 nitrogen and oxygen atoms in total. The number of nitrogens with two attached hydrogens (primary N) is 1. The van der Waals surface area contributed by atoms with Crippen molar-refractivity contribution in [2.45, 2.75) is 25.9 Å². The Hall–Kier alpha value is -3.54. The Morgan fingerprint density at radius 3 is 2.84 bits per heavy atom. The van der Waals surface area contributed by atoms with Crippen LogP contribution in [0.5, 0.6) is 0 Å². The maximum absolute atomic E-state index is 12.7. The van der Waals surface area contributed by atoms with Gasteiger partial charge < -0.3 is 26.1 Å². The van der Waals surface area contributed by atoms with Crippen molar-refractivity contribution in [1.29, 1.82) is 0 Å². The standard InChI is InChI=1S/C24H29N5O2/c1-4-20(31-3)7-5-6-19(15-25)27-24(30)17-10-13-21-22(14-17)29-23(28-21)16-8-11-18(26-2)12-9-16/h6-9,11-15,17,20,26H,4,10,25H2,1-3H3,(H,27,30)(H,28,29)/b19-15+. The molecule has 1 aromatic heterocycles. The molecule has 0 saturated heterocycles. The van der Waals surface area contributed by atoms with Gasteiger partial charge in [-0.2, -0.15) is 0 Å². The predicted octanol–water partition coefficient (Wildman–Crippen LogP) is 1.75. The molecule has 162 valence electrons. The molecule has 1 aromatic carbocycles. The summed E-state index contributed by atoms with van der Waals surface area (Å²) in [5, 5.41) is 7.66. The number of nitrogens with one attached hydrogen (secondary N) is 3. The van der Waals surface area contributed by atoms with E-state index in [1.165, 1.54) is 6.20 Å². The van der Waals surface area contributed by atoms with E-state index in [-0.39, 0.29) is 17.9 Å². The number of hydrogen-bond donors (Lipinski definition) is 4. The zero-order valence-corrected chi connectivity index (χ0v) is 18.1. The number of anilines is 1. The van der Waals surface area contributed by atoms with E-state index in [9.17, 15) is 4.79 Å². The van der Waals surface area contributed by atoms with Gasteiger partial charge in [-0.25, -0.2) is 4.98 Å². The highest BCUT2D eigenvalue weighted by Crippen LogP contribution is 2.17. The van der Waals surface area contributed by atoms with E-state index in [1.54, 1.807) is 19.3 Å². The zero-order valence-electron chi connectivity index (χ0n) is 18.1. The van der Waals surface area contributed by atoms with Crippen molar-refractivity contribution in [2.75, 3.05) is 19.5 Å². The highest BCUT2D eigenvalue weighted by molar-refractivity contribution is 5.87. The number of aromatic nitrogens is 2. The van der Waals surface area contributed by atoms with Gasteiger partial charge in [-0.05, 0) is 49.3 Å². The minimum absolute atomic E-state index is 0.0195. The quantitative estimate of drug-likeness (QED) is 0.385. The van der Waals surface area contributed by atoms with Gasteiger partial charge in [-0.15, -0.1) is 5.73 Å². The Morgan fingerprint density at radius 2 is 2.19 bits per heavy atom. The largest absolute Gasteiger partial charge is 0.403 e. The summed E-state index contributed by atoms with van der Waals surface area (Å²) in [4.78, 5) is 20.8. The van der Waals surface area contributed by atoms with E-state index in [1.807, 2.05) is 50.4 Å². The number of ether oxygens (including phenoxy) is 1. The van der Waals surface area contributed by atoms with Crippen LogP contribution in [0.2, 0.25) is 0 Å². The Morgan fingerprint density at radius 1 is 1.42 bits per heavy atom. The fourth-order valence-corrected chi connectivity index (χ4v) is 3.26. The number of nitrogens with zero attached hydrogens (tertiary/aromatic N) is 1. The molecule has 0 spiro atoms. The first kappa shape index (κ1) is 22.2. The number of aromatic amines is 1. The Bertz CT molecular complexity index is 1120. The minimum Gasteiger partial charge on any atom is -0.403 e. The molecule has 31 heavy (non-hydrogen) atoms. The molecule has 7 heteroatoms. The molecule has 2 unspecified atom stereocenters. The van der Waals surface area contributed by atoms with Gasteiger partial charge in [0.1, 0.15) is 5.82 Å². The van der Waals surface area contributed by atoms with Crippen LogP contribution in [0.15, 0.2) is 54.0 Å². The normalized spacial score (nSPS) is 16.1. The predicted molar refractivity (Wildman–Crippen MR) is 124 cm³/mol. The van der Waals surface area contributed by atoms with Crippen LogP contribution in [0.25, 0.3) is 23.5 Å². The maximum Gasteiger partial charge on any atom is 0.231 e. The number of hydrogen-bond acceptors (Lipinski definition) is 5. The van der Waals surface area contributed by atoms with E-state index >= 15 is 0 Å². The molecule has 0 bridgehead atoms. The number of carbonyl (C=O) groups is 1. The van der Waals surface area contributed by atoms with Crippen LogP contribution in [-0.2, 0) is 9.53 Å². The summed E-state index contributed by atoms with van der Waals surface area (Å²) in [7, 11) is 3.53. The number of amides is 1. The van der Waals surface area contributed by atoms with Gasteiger partial charge in [0.15, 0.2) is 0 Å². The number of rotatable bonds is 8. The molecule has 3 rings (SSSR count). The van der Waals surface area contributed by atoms with Crippen LogP contribution in [0.3, 0.4) is 0 Å². The Balaban J connectivity index is 1.73. The highest BCUT2D eigenvalue weighted by Gasteiger charge is 2.19. The summed E-state index contributed by atoms with van der Waals surface area (Å²) >= 11 is 0. The summed E-state index contributed by atoms with van der Waals surface area (Å²) in [5.41, 5.74) is 11.2. The number of H-pyrrole nitrogens is 1. The molecule has 0 radical (unpaired) electrons. The third-order valence-corrected chi connectivity index (χ3v) is 5.15. The second-order valence-corrected chi connectivity index (χ2v) is 7.20. The van der Waals surface area contributed by atoms with Crippen molar-refractivity contribution >= 4 is 23.7 Å². The number of fused-ring (bicyclic) bond motifs is 1. The SMILES string of the molecule is CCC(C=C=C/C(=C\N)NC(=O)C1C=c2nc(-c3ccc(NC)cc3)[nH]c2=CC1)OC. The maximum atomic E-state index is 12.7. The van der Waals surface area contributed by atoms with Crippen LogP contribution in [-0.4, -0.2) is 36.1 Å². The van der Waals surface area contributed by atoms with Crippen LogP contribution >= 0.6 is 0 Å². The van der Waals surface area contributed by atoms with Gasteiger partial charge in [0.2, 0.25) is 5.91 Å². The van der Waals surface area contributed by atoms with Crippen molar-refractivity contribution in [3.05, 3.63) is 64.7 Å². The molecule has 1 aliphatic carbocycles. The van der Waals surface area contributed by atoms with E-state index in [0.717, 1.165) is 34.2 Å². The average molecular weight is 420 g/mol. The van der Waals surface area contributed by atoms with Crippen molar-refractivity contribution in [1.82, 2.24) is 15.3 Å². The van der Waals surface area contributed by atoms with Crippen LogP contribution in [0.4, 0.5) is 5.69 Å². The number of carbonyl (C=O) groups excluding carboxylic acids is 1. The van der Waals surface area contributed by atoms with Crippen molar-refractivity contribution < 1.29 is 9.53 Å². The molecule has 0 saturated carbocycles. The molecule has 2 atom stereocenters. The lowest BCUT2D eigenvalue weighted by Gasteiger charge is -2.13. The minimum atomic E-state index is -0.329. The average Bonchev–Trinajstić information content (AvgIpc) is 3.24. The molecule has 5 N–H and O–H groups in total. The first-order valence-corrected chi connectivity index (χ1v) is 10.3. The highest BCUT2D eigenvalue weighted by atomic mass is 16.5. The Kier molecular flexibility index (Phi) is 7.49. The summed E-state index contributed by atoms with van der Waals surface area (Å²) in [5.74, 6) is 0.309. The number of allylic oxidation sites excluding steroid dienone is 1. The smallest absolute Gasteiger partial charge is 0.231 e. The number of methoxy groups -OCH3 is 1. The van der Waals surface area contributed by atoms with Crippen molar-refractivity contribution in [3.63, 3.8) is 0 Å². The first-order valence-electron chi connectivity index (χ1n) is 10.3. The van der Waals surface area contributed by atoms with E-state index in [4.69, 9.17) is 10.5 Å². The summed E-state index contributed by atoms with van der Waals surface area (Å²) < 4.78 is 5.27. The molecule has 1 heterocycles. The van der Waals surface area contributed by atoms with E-state index in [0.29, 0.717) is 12.1 Å². The lowest BCUT2D eigenvalue weighted by Crippen LogP contribution is -2.36. The fraction of sp³-hybridized carbons (Fsp3) is 0.292. The molecular weight excluding hydrogens is 390 g/mol. The van der Waals surface area contributed by atoms with Gasteiger partial charge in [-0.3, -0.25) is 4.79 Å². The lowest BCUT2D eigenvalue weighted by atomic mass is 10.0. The second-order valence-electron chi connectivity index (χ2n) is 7.20. The van der Waals surface area contributed by atoms with E-state index in [2.05, 4.69) is 26.3 Å². The zero-order chi connectivity index (χ0) is 22.2. The van der Waals surface area contributed by atoms with E-state index < -0.39 is 0 Å². The molecule has 0 aliphatic heterocycles. The van der Waals surface area contributed by atoms with Crippen molar-refractivity contribution in [3.8, 4) is 11.4 Å². The topological polar surface area (TPSA) is 105 Å². The third-order valence-electron chi connectivity index (χ3n) is 5.15. The van der Waals surface area contributed by atoms with Crippen LogP contribution in [0.1, 0.15) is 19.8 Å². The third kappa shape index (κ3) is 5.54. The lowest BCUT2D eigenvalue weighted by molar-refractivity contribution is -0.122. The molecular formula is C24H29N5O2. The van der Waals surface area contributed by atoms with Crippen molar-refractivity contribution in [2.24, 2.45) is 11.7 Å². The van der Waals surface area contributed by atoms with Gasteiger partial charge in [0.25, 0.3) is 0 Å². The fourth-order valence-electron chi connectivity index (χ4n) is 3.26. The van der Waals surface area contributed by atoms with Gasteiger partial charge in [0, 0.05) is 37.7 Å². The Labute approximate surface area is 182 Å². The first-order chi connectivity index (χ1) is 15.1. The second kappa shape index (κ2) is 10.5. The monoisotopic (exact) mass is 419 g/mol. The van der Waals surface area contributed by atoms with Crippen LogP contribution < -0.4 is 27.1 Å². The molecule has 1 amide bonds. The molecule has 1 aliphatic rings. The molecule has 2 aromatic rings. The number of benzene rings is 1. The molecule has 0 fully saturated rings. The summed E-state index contributed by atoms with van der Waals surface area (Å²) in [6, 6.07) is 8.01. The van der Waals surface area contributed by atoms with Crippen LogP contribution in [0, 0.1) is 5.92 Å².